The Morgan fingerprint density at radius 2 is 2.22 bits per heavy atom. The van der Waals surface area contributed by atoms with Gasteiger partial charge in [-0.15, -0.1) is 0 Å². The fourth-order valence-electron chi connectivity index (χ4n) is 3.72. The van der Waals surface area contributed by atoms with E-state index in [9.17, 15) is 4.79 Å². The lowest BCUT2D eigenvalue weighted by atomic mass is 9.86. The Balaban J connectivity index is 2.09. The molecular formula is C15H28N2O. The number of rotatable bonds is 3. The van der Waals surface area contributed by atoms with Crippen LogP contribution < -0.4 is 5.32 Å². The van der Waals surface area contributed by atoms with E-state index in [0.29, 0.717) is 11.9 Å². The molecule has 2 saturated heterocycles. The number of likely N-dealkylation sites (tertiary alicyclic amines) is 1. The number of nitrogens with zero attached hydrogens (tertiary/aromatic N) is 1. The second-order valence-electron chi connectivity index (χ2n) is 6.34. The number of nitrogens with one attached hydrogen (secondary N) is 1. The van der Waals surface area contributed by atoms with Crippen LogP contribution in [0.4, 0.5) is 0 Å². The molecule has 0 aromatic rings. The van der Waals surface area contributed by atoms with Crippen LogP contribution in [0.1, 0.15) is 59.3 Å². The van der Waals surface area contributed by atoms with Gasteiger partial charge < -0.3 is 10.2 Å². The molecule has 2 rings (SSSR count). The van der Waals surface area contributed by atoms with Crippen molar-refractivity contribution in [2.45, 2.75) is 70.9 Å². The summed E-state index contributed by atoms with van der Waals surface area (Å²) in [6.45, 7) is 8.64. The summed E-state index contributed by atoms with van der Waals surface area (Å²) in [6.07, 6.45) is 6.57. The number of amides is 1. The molecule has 2 fully saturated rings. The average molecular weight is 252 g/mol. The lowest BCUT2D eigenvalue weighted by Gasteiger charge is -2.42. The molecule has 0 bridgehead atoms. The first-order valence-electron chi connectivity index (χ1n) is 7.65. The molecule has 1 amide bonds. The second-order valence-corrected chi connectivity index (χ2v) is 6.34. The molecule has 2 heterocycles. The van der Waals surface area contributed by atoms with Crippen molar-refractivity contribution in [2.75, 3.05) is 13.1 Å². The van der Waals surface area contributed by atoms with Crippen LogP contribution in [0.15, 0.2) is 0 Å². The number of carbonyl (C=O) groups excluding carboxylic acids is 1. The quantitative estimate of drug-likeness (QED) is 0.837. The Morgan fingerprint density at radius 1 is 1.44 bits per heavy atom. The molecule has 2 aliphatic heterocycles. The molecule has 2 aliphatic rings. The Hall–Kier alpha value is -0.570. The fourth-order valence-corrected chi connectivity index (χ4v) is 3.72. The molecule has 3 nitrogen and oxygen atoms in total. The summed E-state index contributed by atoms with van der Waals surface area (Å²) < 4.78 is 0. The molecule has 3 heteroatoms. The van der Waals surface area contributed by atoms with Crippen molar-refractivity contribution in [3.8, 4) is 0 Å². The lowest BCUT2D eigenvalue weighted by Crippen LogP contribution is -2.58. The Labute approximate surface area is 111 Å². The molecule has 3 unspecified atom stereocenters. The Morgan fingerprint density at radius 3 is 2.78 bits per heavy atom. The SMILES string of the molecule is CCCC1(C(=O)N2CCC(C)CC2C)CCCN1. The molecule has 1 N–H and O–H groups in total. The van der Waals surface area contributed by atoms with Crippen LogP contribution in [0.25, 0.3) is 0 Å². The number of hydrogen-bond acceptors (Lipinski definition) is 2. The smallest absolute Gasteiger partial charge is 0.243 e. The molecule has 3 atom stereocenters. The molecule has 0 spiro atoms. The van der Waals surface area contributed by atoms with Gasteiger partial charge in [-0.2, -0.15) is 0 Å². The average Bonchev–Trinajstić information content (AvgIpc) is 2.78. The monoisotopic (exact) mass is 252 g/mol. The van der Waals surface area contributed by atoms with E-state index < -0.39 is 0 Å². The van der Waals surface area contributed by atoms with E-state index in [1.165, 1.54) is 0 Å². The first kappa shape index (κ1) is 13.9. The maximum Gasteiger partial charge on any atom is 0.243 e. The van der Waals surface area contributed by atoms with Gasteiger partial charge in [-0.25, -0.2) is 0 Å². The molecule has 0 aromatic heterocycles. The number of carbonyl (C=O) groups is 1. The normalized spacial score (nSPS) is 36.9. The summed E-state index contributed by atoms with van der Waals surface area (Å²) in [5, 5.41) is 3.51. The number of piperidine rings is 1. The first-order valence-corrected chi connectivity index (χ1v) is 7.65. The second kappa shape index (κ2) is 5.60. The first-order chi connectivity index (χ1) is 8.59. The molecule has 0 aromatic carbocycles. The van der Waals surface area contributed by atoms with Gasteiger partial charge in [0, 0.05) is 12.6 Å². The van der Waals surface area contributed by atoms with Crippen molar-refractivity contribution in [1.29, 1.82) is 0 Å². The predicted molar refractivity (Wildman–Crippen MR) is 74.4 cm³/mol. The molecular weight excluding hydrogens is 224 g/mol. The van der Waals surface area contributed by atoms with Crippen molar-refractivity contribution >= 4 is 5.91 Å². The van der Waals surface area contributed by atoms with Gasteiger partial charge in [-0.05, 0) is 51.5 Å². The zero-order valence-corrected chi connectivity index (χ0v) is 12.2. The third kappa shape index (κ3) is 2.56. The van der Waals surface area contributed by atoms with Gasteiger partial charge in [-0.1, -0.05) is 20.3 Å². The zero-order chi connectivity index (χ0) is 13.2. The lowest BCUT2D eigenvalue weighted by molar-refractivity contribution is -0.142. The predicted octanol–water partition coefficient (Wildman–Crippen LogP) is 2.56. The molecule has 0 aliphatic carbocycles. The van der Waals surface area contributed by atoms with Crippen LogP contribution >= 0.6 is 0 Å². The van der Waals surface area contributed by atoms with Crippen molar-refractivity contribution in [3.05, 3.63) is 0 Å². The topological polar surface area (TPSA) is 32.3 Å². The summed E-state index contributed by atoms with van der Waals surface area (Å²) in [6, 6.07) is 0.414. The highest BCUT2D eigenvalue weighted by Crippen LogP contribution is 2.31. The van der Waals surface area contributed by atoms with Crippen molar-refractivity contribution in [1.82, 2.24) is 10.2 Å². The summed E-state index contributed by atoms with van der Waals surface area (Å²) >= 11 is 0. The summed E-state index contributed by atoms with van der Waals surface area (Å²) in [4.78, 5) is 15.0. The highest BCUT2D eigenvalue weighted by Gasteiger charge is 2.44. The van der Waals surface area contributed by atoms with Gasteiger partial charge in [-0.3, -0.25) is 4.79 Å². The number of hydrogen-bond donors (Lipinski definition) is 1. The van der Waals surface area contributed by atoms with Crippen LogP contribution in [0.3, 0.4) is 0 Å². The van der Waals surface area contributed by atoms with E-state index >= 15 is 0 Å². The third-order valence-electron chi connectivity index (χ3n) is 4.73. The Bertz CT molecular complexity index is 297. The summed E-state index contributed by atoms with van der Waals surface area (Å²) in [5.41, 5.74) is -0.233. The van der Waals surface area contributed by atoms with Gasteiger partial charge >= 0.3 is 0 Å². The fraction of sp³-hybridized carbons (Fsp3) is 0.933. The standard InChI is InChI=1S/C15H28N2O/c1-4-7-15(8-5-9-16-15)14(18)17-10-6-12(2)11-13(17)3/h12-13,16H,4-11H2,1-3H3. The van der Waals surface area contributed by atoms with E-state index in [-0.39, 0.29) is 5.54 Å². The van der Waals surface area contributed by atoms with E-state index in [1.54, 1.807) is 0 Å². The van der Waals surface area contributed by atoms with Crippen molar-refractivity contribution < 1.29 is 4.79 Å². The maximum atomic E-state index is 12.9. The van der Waals surface area contributed by atoms with Crippen LogP contribution in [0, 0.1) is 5.92 Å². The summed E-state index contributed by atoms with van der Waals surface area (Å²) in [7, 11) is 0. The molecule has 18 heavy (non-hydrogen) atoms. The zero-order valence-electron chi connectivity index (χ0n) is 12.2. The highest BCUT2D eigenvalue weighted by molar-refractivity contribution is 5.87. The van der Waals surface area contributed by atoms with Crippen molar-refractivity contribution in [2.24, 2.45) is 5.92 Å². The van der Waals surface area contributed by atoms with Gasteiger partial charge in [0.25, 0.3) is 0 Å². The van der Waals surface area contributed by atoms with Crippen LogP contribution in [-0.2, 0) is 4.79 Å². The largest absolute Gasteiger partial charge is 0.338 e. The minimum absolute atomic E-state index is 0.233. The third-order valence-corrected chi connectivity index (χ3v) is 4.73. The van der Waals surface area contributed by atoms with E-state index in [2.05, 4.69) is 31.0 Å². The summed E-state index contributed by atoms with van der Waals surface area (Å²) in [5.74, 6) is 1.14. The van der Waals surface area contributed by atoms with Gasteiger partial charge in [0.1, 0.15) is 0 Å². The minimum atomic E-state index is -0.233. The molecule has 0 radical (unpaired) electrons. The molecule has 104 valence electrons. The van der Waals surface area contributed by atoms with Gasteiger partial charge in [0.05, 0.1) is 5.54 Å². The van der Waals surface area contributed by atoms with Gasteiger partial charge in [0.2, 0.25) is 5.91 Å². The highest BCUT2D eigenvalue weighted by atomic mass is 16.2. The van der Waals surface area contributed by atoms with Gasteiger partial charge in [0.15, 0.2) is 0 Å². The maximum absolute atomic E-state index is 12.9. The van der Waals surface area contributed by atoms with E-state index in [1.807, 2.05) is 0 Å². The van der Waals surface area contributed by atoms with Crippen LogP contribution in [-0.4, -0.2) is 35.5 Å². The van der Waals surface area contributed by atoms with Crippen LogP contribution in [0.2, 0.25) is 0 Å². The van der Waals surface area contributed by atoms with E-state index in [4.69, 9.17) is 0 Å². The molecule has 0 saturated carbocycles. The van der Waals surface area contributed by atoms with Crippen molar-refractivity contribution in [3.63, 3.8) is 0 Å². The Kier molecular flexibility index (Phi) is 4.31. The van der Waals surface area contributed by atoms with Crippen LogP contribution in [0.5, 0.6) is 0 Å². The van der Waals surface area contributed by atoms with E-state index in [0.717, 1.165) is 57.5 Å². The minimum Gasteiger partial charge on any atom is -0.338 e.